The molecule has 27 heavy (non-hydrogen) atoms. The summed E-state index contributed by atoms with van der Waals surface area (Å²) in [4.78, 5) is 26.9. The number of hydrogen-bond donors (Lipinski definition) is 2. The Kier molecular flexibility index (Phi) is 5.20. The summed E-state index contributed by atoms with van der Waals surface area (Å²) >= 11 is 1.65. The first-order valence-corrected chi connectivity index (χ1v) is 10.2. The lowest BCUT2D eigenvalue weighted by atomic mass is 9.98. The van der Waals surface area contributed by atoms with Crippen molar-refractivity contribution in [1.82, 2.24) is 25.2 Å². The van der Waals surface area contributed by atoms with Gasteiger partial charge in [0.25, 0.3) is 5.91 Å². The monoisotopic (exact) mass is 381 g/mol. The summed E-state index contributed by atoms with van der Waals surface area (Å²) < 4.78 is 0. The molecule has 0 spiro atoms. The summed E-state index contributed by atoms with van der Waals surface area (Å²) in [6.07, 6.45) is 8.85. The van der Waals surface area contributed by atoms with E-state index in [0.717, 1.165) is 41.8 Å². The Balaban J connectivity index is 1.50. The molecular weight excluding hydrogens is 358 g/mol. The number of aromatic nitrogens is 3. The van der Waals surface area contributed by atoms with E-state index in [1.807, 2.05) is 41.6 Å². The lowest BCUT2D eigenvalue weighted by molar-refractivity contribution is 0.0706. The lowest BCUT2D eigenvalue weighted by Gasteiger charge is -2.32. The van der Waals surface area contributed by atoms with Crippen LogP contribution in [0.3, 0.4) is 0 Å². The second-order valence-corrected chi connectivity index (χ2v) is 7.62. The molecule has 3 heterocycles. The van der Waals surface area contributed by atoms with Gasteiger partial charge >= 0.3 is 0 Å². The minimum atomic E-state index is 0.0259. The van der Waals surface area contributed by atoms with E-state index < -0.39 is 0 Å². The fourth-order valence-corrected chi connectivity index (χ4v) is 4.13. The third-order valence-electron chi connectivity index (χ3n) is 4.91. The number of aromatic amines is 1. The number of allylic oxidation sites excluding steroid dienone is 1. The highest BCUT2D eigenvalue weighted by molar-refractivity contribution is 7.09. The molecule has 2 N–H and O–H groups in total. The third-order valence-corrected chi connectivity index (χ3v) is 5.69. The highest BCUT2D eigenvalue weighted by Gasteiger charge is 2.25. The predicted molar refractivity (Wildman–Crippen MR) is 107 cm³/mol. The van der Waals surface area contributed by atoms with Gasteiger partial charge in [0, 0.05) is 30.0 Å². The first-order chi connectivity index (χ1) is 13.2. The van der Waals surface area contributed by atoms with Crippen molar-refractivity contribution in [1.29, 1.82) is 0 Å². The van der Waals surface area contributed by atoms with E-state index in [-0.39, 0.29) is 11.9 Å². The van der Waals surface area contributed by atoms with Crippen molar-refractivity contribution in [3.05, 3.63) is 58.4 Å². The van der Waals surface area contributed by atoms with Gasteiger partial charge < -0.3 is 15.2 Å². The topological polar surface area (TPSA) is 73.9 Å². The Bertz CT molecular complexity index is 913. The third kappa shape index (κ3) is 3.88. The highest BCUT2D eigenvalue weighted by Crippen LogP contribution is 2.23. The van der Waals surface area contributed by atoms with Crippen molar-refractivity contribution in [3.63, 3.8) is 0 Å². The maximum Gasteiger partial charge on any atom is 0.270 e. The van der Waals surface area contributed by atoms with Gasteiger partial charge in [-0.25, -0.2) is 4.98 Å². The van der Waals surface area contributed by atoms with Crippen LogP contribution in [0.2, 0.25) is 0 Å². The standard InChI is InChI=1S/C20H23N5OS/c1-2-25(20(26)18-12-17-16(24-18)7-4-8-21-17)15-6-3-5-14(11-15)23-13-19-22-9-10-27-19/h4,7-12,15,23-24H,2-3,5-6,13H2,1H3/t15-/m0/s1. The lowest BCUT2D eigenvalue weighted by Crippen LogP contribution is -2.41. The van der Waals surface area contributed by atoms with Crippen LogP contribution in [0.1, 0.15) is 41.7 Å². The summed E-state index contributed by atoms with van der Waals surface area (Å²) in [5.41, 5.74) is 3.51. The number of nitrogens with one attached hydrogen (secondary N) is 2. The van der Waals surface area contributed by atoms with Crippen LogP contribution < -0.4 is 5.32 Å². The van der Waals surface area contributed by atoms with E-state index in [9.17, 15) is 4.79 Å². The van der Waals surface area contributed by atoms with E-state index >= 15 is 0 Å². The molecule has 0 saturated carbocycles. The molecule has 7 heteroatoms. The molecule has 0 radical (unpaired) electrons. The molecule has 3 aromatic rings. The van der Waals surface area contributed by atoms with Crippen molar-refractivity contribution >= 4 is 28.3 Å². The van der Waals surface area contributed by atoms with Crippen LogP contribution in [0, 0.1) is 0 Å². The van der Waals surface area contributed by atoms with Gasteiger partial charge in [-0.3, -0.25) is 9.78 Å². The summed E-state index contributed by atoms with van der Waals surface area (Å²) in [5, 5.41) is 6.55. The van der Waals surface area contributed by atoms with E-state index in [0.29, 0.717) is 12.2 Å². The molecule has 1 aliphatic carbocycles. The number of H-pyrrole nitrogens is 1. The Morgan fingerprint density at radius 2 is 2.33 bits per heavy atom. The maximum atomic E-state index is 13.1. The molecule has 3 aromatic heterocycles. The number of carbonyl (C=O) groups excluding carboxylic acids is 1. The van der Waals surface area contributed by atoms with Gasteiger partial charge in [-0.05, 0) is 50.5 Å². The molecular formula is C20H23N5OS. The smallest absolute Gasteiger partial charge is 0.270 e. The number of thiazole rings is 1. The normalized spacial score (nSPS) is 16.9. The SMILES string of the molecule is CCN(C(=O)c1cc2ncccc2[nH]1)[C@@H]1C=C(NCc2nccs2)CCC1. The fraction of sp³-hybridized carbons (Fsp3) is 0.350. The quantitative estimate of drug-likeness (QED) is 0.683. The van der Waals surface area contributed by atoms with E-state index in [1.54, 1.807) is 17.5 Å². The Morgan fingerprint density at radius 3 is 3.11 bits per heavy atom. The summed E-state index contributed by atoms with van der Waals surface area (Å²) in [7, 11) is 0. The van der Waals surface area contributed by atoms with E-state index in [2.05, 4.69) is 26.3 Å². The van der Waals surface area contributed by atoms with Crippen molar-refractivity contribution < 1.29 is 4.79 Å². The Hall–Kier alpha value is -2.67. The molecule has 140 valence electrons. The predicted octanol–water partition coefficient (Wildman–Crippen LogP) is 3.71. The molecule has 0 aromatic carbocycles. The number of rotatable bonds is 6. The number of nitrogens with zero attached hydrogens (tertiary/aromatic N) is 3. The van der Waals surface area contributed by atoms with Gasteiger partial charge in [-0.2, -0.15) is 0 Å². The summed E-state index contributed by atoms with van der Waals surface area (Å²) in [6, 6.07) is 5.76. The number of hydrogen-bond acceptors (Lipinski definition) is 5. The van der Waals surface area contributed by atoms with Crippen LogP contribution in [-0.4, -0.2) is 38.3 Å². The van der Waals surface area contributed by atoms with Crippen molar-refractivity contribution in [2.45, 2.75) is 38.8 Å². The van der Waals surface area contributed by atoms with Gasteiger partial charge in [-0.1, -0.05) is 0 Å². The number of amides is 1. The summed E-state index contributed by atoms with van der Waals surface area (Å²) in [6.45, 7) is 3.44. The molecule has 1 amide bonds. The molecule has 6 nitrogen and oxygen atoms in total. The van der Waals surface area contributed by atoms with E-state index in [1.165, 1.54) is 5.70 Å². The number of carbonyl (C=O) groups is 1. The summed E-state index contributed by atoms with van der Waals surface area (Å²) in [5.74, 6) is 0.0259. The zero-order valence-electron chi connectivity index (χ0n) is 15.3. The van der Waals surface area contributed by atoms with Gasteiger partial charge in [0.05, 0.1) is 23.6 Å². The minimum Gasteiger partial charge on any atom is -0.382 e. The maximum absolute atomic E-state index is 13.1. The van der Waals surface area contributed by atoms with Crippen LogP contribution in [0.25, 0.3) is 11.0 Å². The van der Waals surface area contributed by atoms with Crippen molar-refractivity contribution in [3.8, 4) is 0 Å². The molecule has 0 aliphatic heterocycles. The first kappa shape index (κ1) is 17.7. The number of pyridine rings is 1. The van der Waals surface area contributed by atoms with Gasteiger partial charge in [-0.15, -0.1) is 11.3 Å². The van der Waals surface area contributed by atoms with Gasteiger partial charge in [0.2, 0.25) is 0 Å². The fourth-order valence-electron chi connectivity index (χ4n) is 3.58. The molecule has 0 unspecified atom stereocenters. The van der Waals surface area contributed by atoms with Crippen LogP contribution >= 0.6 is 11.3 Å². The Morgan fingerprint density at radius 1 is 1.41 bits per heavy atom. The zero-order valence-corrected chi connectivity index (χ0v) is 16.1. The molecule has 4 rings (SSSR count). The number of likely N-dealkylation sites (N-methyl/N-ethyl adjacent to an activating group) is 1. The molecule has 0 saturated heterocycles. The minimum absolute atomic E-state index is 0.0259. The Labute approximate surface area is 162 Å². The average Bonchev–Trinajstić information content (AvgIpc) is 3.37. The second-order valence-electron chi connectivity index (χ2n) is 6.64. The average molecular weight is 382 g/mol. The van der Waals surface area contributed by atoms with E-state index in [4.69, 9.17) is 0 Å². The van der Waals surface area contributed by atoms with Crippen LogP contribution in [0.15, 0.2) is 47.7 Å². The molecule has 0 bridgehead atoms. The van der Waals surface area contributed by atoms with Gasteiger partial charge in [0.1, 0.15) is 10.7 Å². The second kappa shape index (κ2) is 7.92. The number of fused-ring (bicyclic) bond motifs is 1. The van der Waals surface area contributed by atoms with Crippen LogP contribution in [0.5, 0.6) is 0 Å². The van der Waals surface area contributed by atoms with Gasteiger partial charge in [0.15, 0.2) is 0 Å². The molecule has 0 fully saturated rings. The largest absolute Gasteiger partial charge is 0.382 e. The molecule has 1 aliphatic rings. The van der Waals surface area contributed by atoms with Crippen LogP contribution in [-0.2, 0) is 6.54 Å². The van der Waals surface area contributed by atoms with Crippen LogP contribution in [0.4, 0.5) is 0 Å². The van der Waals surface area contributed by atoms with Crippen molar-refractivity contribution in [2.24, 2.45) is 0 Å². The first-order valence-electron chi connectivity index (χ1n) is 9.32. The zero-order chi connectivity index (χ0) is 18.6. The highest BCUT2D eigenvalue weighted by atomic mass is 32.1. The molecule has 1 atom stereocenters. The van der Waals surface area contributed by atoms with Crippen molar-refractivity contribution in [2.75, 3.05) is 6.54 Å².